The Morgan fingerprint density at radius 3 is 2.14 bits per heavy atom. The van der Waals surface area contributed by atoms with E-state index in [1.165, 1.54) is 11.8 Å². The number of aromatic amines is 1. The summed E-state index contributed by atoms with van der Waals surface area (Å²) >= 11 is 13.6. The summed E-state index contributed by atoms with van der Waals surface area (Å²) in [5.41, 5.74) is 4.02. The number of carbonyl (C=O) groups is 1. The summed E-state index contributed by atoms with van der Waals surface area (Å²) in [6.45, 7) is 1.96. The van der Waals surface area contributed by atoms with E-state index in [9.17, 15) is 4.79 Å². The summed E-state index contributed by atoms with van der Waals surface area (Å²) in [6.07, 6.45) is 0.595. The van der Waals surface area contributed by atoms with Gasteiger partial charge in [-0.3, -0.25) is 4.79 Å². The Hall–Kier alpha value is -3.13. The number of rotatable bonds is 9. The molecule has 0 aliphatic carbocycles. The van der Waals surface area contributed by atoms with Crippen LogP contribution in [-0.4, -0.2) is 35.3 Å². The van der Waals surface area contributed by atoms with Crippen molar-refractivity contribution in [3.8, 4) is 34.0 Å². The molecule has 0 saturated heterocycles. The first kappa shape index (κ1) is 25.9. The highest BCUT2D eigenvalue weighted by molar-refractivity contribution is 8.00. The van der Waals surface area contributed by atoms with E-state index in [0.29, 0.717) is 27.3 Å². The van der Waals surface area contributed by atoms with Gasteiger partial charge in [0.2, 0.25) is 5.91 Å². The van der Waals surface area contributed by atoms with E-state index in [1.807, 2.05) is 55.5 Å². The molecular weight excluding hydrogens is 517 g/mol. The number of anilines is 1. The molecule has 0 radical (unpaired) electrons. The minimum atomic E-state index is -0.393. The molecular formula is C27H25Cl2N3O3S. The third-order valence-corrected chi connectivity index (χ3v) is 7.33. The van der Waals surface area contributed by atoms with Gasteiger partial charge in [-0.1, -0.05) is 41.9 Å². The Balaban J connectivity index is 1.64. The van der Waals surface area contributed by atoms with E-state index in [1.54, 1.807) is 32.4 Å². The zero-order valence-electron chi connectivity index (χ0n) is 20.0. The number of amides is 1. The van der Waals surface area contributed by atoms with E-state index in [-0.39, 0.29) is 5.91 Å². The van der Waals surface area contributed by atoms with Crippen molar-refractivity contribution in [3.63, 3.8) is 0 Å². The maximum Gasteiger partial charge on any atom is 0.238 e. The summed E-state index contributed by atoms with van der Waals surface area (Å²) < 4.78 is 10.6. The van der Waals surface area contributed by atoms with Crippen molar-refractivity contribution >= 4 is 46.6 Å². The van der Waals surface area contributed by atoms with E-state index >= 15 is 0 Å². The molecule has 186 valence electrons. The number of methoxy groups -OCH3 is 2. The minimum Gasteiger partial charge on any atom is -0.497 e. The minimum absolute atomic E-state index is 0.167. The lowest BCUT2D eigenvalue weighted by molar-refractivity contribution is -0.115. The van der Waals surface area contributed by atoms with E-state index in [2.05, 4.69) is 10.3 Å². The monoisotopic (exact) mass is 541 g/mol. The van der Waals surface area contributed by atoms with Crippen molar-refractivity contribution in [2.24, 2.45) is 0 Å². The zero-order valence-corrected chi connectivity index (χ0v) is 22.3. The number of halogens is 2. The maximum absolute atomic E-state index is 13.1. The average molecular weight is 542 g/mol. The van der Waals surface area contributed by atoms with Gasteiger partial charge >= 0.3 is 0 Å². The highest BCUT2D eigenvalue weighted by Crippen LogP contribution is 2.36. The highest BCUT2D eigenvalue weighted by Gasteiger charge is 2.23. The van der Waals surface area contributed by atoms with Crippen molar-refractivity contribution < 1.29 is 14.3 Å². The van der Waals surface area contributed by atoms with Gasteiger partial charge in [0.05, 0.1) is 41.6 Å². The Morgan fingerprint density at radius 1 is 0.972 bits per heavy atom. The molecule has 4 aromatic rings. The van der Waals surface area contributed by atoms with Gasteiger partial charge in [-0.05, 0) is 73.2 Å². The number of hydrogen-bond donors (Lipinski definition) is 2. The quantitative estimate of drug-likeness (QED) is 0.213. The lowest BCUT2D eigenvalue weighted by Crippen LogP contribution is -2.24. The molecule has 0 fully saturated rings. The van der Waals surface area contributed by atoms with Gasteiger partial charge in [-0.15, -0.1) is 0 Å². The standard InChI is InChI=1S/C27H25Cl2N3O3S/c1-4-23(26(33)30-22-14-9-18(28)15-21(22)29)36-27-31-24(16-5-10-19(34-2)11-6-16)25(32-27)17-7-12-20(35-3)13-8-17/h5-15,23H,4H2,1-3H3,(H,30,33)(H,31,32). The van der Waals surface area contributed by atoms with Crippen molar-refractivity contribution in [1.82, 2.24) is 9.97 Å². The Morgan fingerprint density at radius 2 is 1.58 bits per heavy atom. The van der Waals surface area contributed by atoms with Crippen LogP contribution in [0.25, 0.3) is 22.5 Å². The normalized spacial score (nSPS) is 11.7. The molecule has 1 amide bonds. The molecule has 0 spiro atoms. The third kappa shape index (κ3) is 5.98. The number of imidazole rings is 1. The lowest BCUT2D eigenvalue weighted by atomic mass is 10.0. The van der Waals surface area contributed by atoms with Gasteiger partial charge in [0.1, 0.15) is 11.5 Å². The van der Waals surface area contributed by atoms with Gasteiger partial charge < -0.3 is 19.8 Å². The van der Waals surface area contributed by atoms with E-state index in [0.717, 1.165) is 34.0 Å². The van der Waals surface area contributed by atoms with Gasteiger partial charge in [-0.25, -0.2) is 4.98 Å². The number of hydrogen-bond acceptors (Lipinski definition) is 5. The first-order valence-corrected chi connectivity index (χ1v) is 12.9. The zero-order chi connectivity index (χ0) is 25.7. The first-order valence-electron chi connectivity index (χ1n) is 11.2. The second-order valence-corrected chi connectivity index (χ2v) is 9.89. The van der Waals surface area contributed by atoms with Gasteiger partial charge in [0, 0.05) is 16.1 Å². The first-order chi connectivity index (χ1) is 17.4. The molecule has 0 aliphatic rings. The van der Waals surface area contributed by atoms with Crippen molar-refractivity contribution in [2.45, 2.75) is 23.8 Å². The number of nitrogens with one attached hydrogen (secondary N) is 2. The van der Waals surface area contributed by atoms with Crippen LogP contribution in [0.3, 0.4) is 0 Å². The van der Waals surface area contributed by atoms with Crippen LogP contribution in [-0.2, 0) is 4.79 Å². The van der Waals surface area contributed by atoms with Crippen molar-refractivity contribution in [1.29, 1.82) is 0 Å². The predicted molar refractivity (Wildman–Crippen MR) is 148 cm³/mol. The van der Waals surface area contributed by atoms with Crippen molar-refractivity contribution in [3.05, 3.63) is 76.8 Å². The molecule has 36 heavy (non-hydrogen) atoms. The summed E-state index contributed by atoms with van der Waals surface area (Å²) in [7, 11) is 3.27. The van der Waals surface area contributed by atoms with Crippen LogP contribution in [0.5, 0.6) is 11.5 Å². The van der Waals surface area contributed by atoms with Crippen LogP contribution in [0.2, 0.25) is 10.0 Å². The molecule has 9 heteroatoms. The number of carbonyl (C=O) groups excluding carboxylic acids is 1. The molecule has 0 aliphatic heterocycles. The average Bonchev–Trinajstić information content (AvgIpc) is 3.32. The number of thioether (sulfide) groups is 1. The molecule has 1 aromatic heterocycles. The number of nitrogens with zero attached hydrogens (tertiary/aromatic N) is 1. The molecule has 0 saturated carbocycles. The maximum atomic E-state index is 13.1. The van der Waals surface area contributed by atoms with Crippen LogP contribution in [0.4, 0.5) is 5.69 Å². The van der Waals surface area contributed by atoms with Crippen LogP contribution >= 0.6 is 35.0 Å². The molecule has 6 nitrogen and oxygen atoms in total. The van der Waals surface area contributed by atoms with Crippen molar-refractivity contribution in [2.75, 3.05) is 19.5 Å². The Kier molecular flexibility index (Phi) is 8.46. The molecule has 4 rings (SSSR count). The predicted octanol–water partition coefficient (Wildman–Crippen LogP) is 7.58. The highest BCUT2D eigenvalue weighted by atomic mass is 35.5. The summed E-state index contributed by atoms with van der Waals surface area (Å²) in [6, 6.07) is 20.4. The number of H-pyrrole nitrogens is 1. The fourth-order valence-corrected chi connectivity index (χ4v) is 4.96. The van der Waals surface area contributed by atoms with Crippen LogP contribution in [0, 0.1) is 0 Å². The van der Waals surface area contributed by atoms with E-state index in [4.69, 9.17) is 37.7 Å². The van der Waals surface area contributed by atoms with Gasteiger partial charge in [0.25, 0.3) is 0 Å². The number of aromatic nitrogens is 2. The van der Waals surface area contributed by atoms with Gasteiger partial charge in [-0.2, -0.15) is 0 Å². The molecule has 0 bridgehead atoms. The Bertz CT molecular complexity index is 1280. The fourth-order valence-electron chi connectivity index (χ4n) is 3.59. The molecule has 3 aromatic carbocycles. The Labute approximate surface area is 224 Å². The molecule has 1 atom stereocenters. The topological polar surface area (TPSA) is 76.2 Å². The van der Waals surface area contributed by atoms with Crippen LogP contribution in [0.15, 0.2) is 71.9 Å². The molecule has 2 N–H and O–H groups in total. The fraction of sp³-hybridized carbons (Fsp3) is 0.185. The lowest BCUT2D eigenvalue weighted by Gasteiger charge is -2.14. The third-order valence-electron chi connectivity index (χ3n) is 5.53. The smallest absolute Gasteiger partial charge is 0.238 e. The number of benzene rings is 3. The molecule has 1 heterocycles. The second kappa shape index (κ2) is 11.7. The number of ether oxygens (including phenoxy) is 2. The molecule has 1 unspecified atom stereocenters. The SMILES string of the molecule is CCC(Sc1nc(-c2ccc(OC)cc2)c(-c2ccc(OC)cc2)[nH]1)C(=O)Nc1ccc(Cl)cc1Cl. The largest absolute Gasteiger partial charge is 0.497 e. The second-order valence-electron chi connectivity index (χ2n) is 7.85. The van der Waals surface area contributed by atoms with Crippen LogP contribution < -0.4 is 14.8 Å². The summed E-state index contributed by atoms with van der Waals surface area (Å²) in [5.74, 6) is 1.36. The van der Waals surface area contributed by atoms with Gasteiger partial charge in [0.15, 0.2) is 5.16 Å². The summed E-state index contributed by atoms with van der Waals surface area (Å²) in [5, 5.41) is 4.03. The summed E-state index contributed by atoms with van der Waals surface area (Å²) in [4.78, 5) is 21.4. The van der Waals surface area contributed by atoms with E-state index < -0.39 is 5.25 Å². The van der Waals surface area contributed by atoms with Crippen LogP contribution in [0.1, 0.15) is 13.3 Å².